The minimum absolute atomic E-state index is 0.239. The maximum Gasteiger partial charge on any atom is -0.0115 e. The molecule has 0 fully saturated rings. The molecule has 0 aliphatic heterocycles. The van der Waals surface area contributed by atoms with Crippen LogP contribution in [0, 0.1) is 23.0 Å². The van der Waals surface area contributed by atoms with Crippen molar-refractivity contribution < 1.29 is 19.2 Å². The van der Waals surface area contributed by atoms with E-state index in [2.05, 4.69) is 81.4 Å². The first-order valence-electron chi connectivity index (χ1n) is 9.83. The Kier molecular flexibility index (Phi) is 6.51. The van der Waals surface area contributed by atoms with E-state index in [1.165, 1.54) is 11.1 Å². The predicted octanol–water partition coefficient (Wildman–Crippen LogP) is 7.66. The van der Waals surface area contributed by atoms with E-state index in [0.717, 1.165) is 0 Å². The van der Waals surface area contributed by atoms with E-state index in [1.807, 2.05) is 24.3 Å². The first-order valence-corrected chi connectivity index (χ1v) is 11.4. The van der Waals surface area contributed by atoms with Crippen molar-refractivity contribution in [2.45, 2.75) is 69.2 Å². The molecule has 0 heterocycles. The van der Waals surface area contributed by atoms with Crippen molar-refractivity contribution in [1.29, 1.82) is 0 Å². The number of allylic oxidation sites excluding steroid dienone is 8. The van der Waals surface area contributed by atoms with Crippen molar-refractivity contribution in [2.24, 2.45) is 10.8 Å². The van der Waals surface area contributed by atoms with Crippen LogP contribution in [0.1, 0.15) is 69.2 Å². The fourth-order valence-electron chi connectivity index (χ4n) is 4.12. The Labute approximate surface area is 176 Å². The third-order valence-electron chi connectivity index (χ3n) is 6.93. The van der Waals surface area contributed by atoms with Crippen molar-refractivity contribution in [1.82, 2.24) is 0 Å². The topological polar surface area (TPSA) is 0 Å². The molecule has 1 heteroatoms. The second-order valence-corrected chi connectivity index (χ2v) is 10.8. The molecule has 0 spiro atoms. The van der Waals surface area contributed by atoms with E-state index in [9.17, 15) is 0 Å². The molecule has 0 atom stereocenters. The average Bonchev–Trinajstić information content (AvgIpc) is 2.88. The zero-order chi connectivity index (χ0) is 20.6. The standard InChI is InChI=1S/2C10H15.C6H4.Ti/c2*1-7-6-10(4,5)9(3)8(7)2;1-2-4-6-5-3-1;/h2*1-5H3;1-4H;. The van der Waals surface area contributed by atoms with Gasteiger partial charge in [-0.25, -0.2) is 0 Å². The second kappa shape index (κ2) is 7.99. The normalized spacial score (nSPS) is 20.7. The van der Waals surface area contributed by atoms with Gasteiger partial charge < -0.3 is 0 Å². The first-order chi connectivity index (χ1) is 12.4. The number of hydrogen-bond donors (Lipinski definition) is 0. The van der Waals surface area contributed by atoms with E-state index < -0.39 is 0 Å². The quantitative estimate of drug-likeness (QED) is 0.452. The molecule has 2 aliphatic carbocycles. The van der Waals surface area contributed by atoms with Crippen LogP contribution in [0.4, 0.5) is 0 Å². The molecule has 0 amide bonds. The fourth-order valence-corrected chi connectivity index (χ4v) is 7.24. The molecular formula is C26H34Ti. The third kappa shape index (κ3) is 3.96. The Morgan fingerprint density at radius 3 is 1.11 bits per heavy atom. The van der Waals surface area contributed by atoms with Crippen LogP contribution in [0.3, 0.4) is 0 Å². The summed E-state index contributed by atoms with van der Waals surface area (Å²) >= 11 is -0.239. The molecular weight excluding hydrogens is 360 g/mol. The summed E-state index contributed by atoms with van der Waals surface area (Å²) in [5, 5.41) is 0. The summed E-state index contributed by atoms with van der Waals surface area (Å²) in [5.74, 6) is 0. The molecule has 0 N–H and O–H groups in total. The van der Waals surface area contributed by atoms with E-state index in [-0.39, 0.29) is 30.0 Å². The Balaban J connectivity index is 0.000000369. The van der Waals surface area contributed by atoms with Crippen molar-refractivity contribution >= 4 is 0 Å². The first kappa shape index (κ1) is 22.0. The monoisotopic (exact) mass is 394 g/mol. The van der Waals surface area contributed by atoms with Crippen molar-refractivity contribution in [3.05, 3.63) is 77.6 Å². The molecule has 27 heavy (non-hydrogen) atoms. The summed E-state index contributed by atoms with van der Waals surface area (Å²) in [5.41, 5.74) is 9.92. The Bertz CT molecular complexity index is 757. The van der Waals surface area contributed by atoms with Gasteiger partial charge in [0.05, 0.1) is 0 Å². The zero-order valence-electron chi connectivity index (χ0n) is 18.8. The van der Waals surface area contributed by atoms with Crippen molar-refractivity contribution in [3.63, 3.8) is 0 Å². The van der Waals surface area contributed by atoms with E-state index in [4.69, 9.17) is 0 Å². The van der Waals surface area contributed by atoms with E-state index >= 15 is 0 Å². The summed E-state index contributed by atoms with van der Waals surface area (Å²) in [7, 11) is 0. The van der Waals surface area contributed by atoms with Crippen LogP contribution in [-0.2, 0) is 19.2 Å². The molecule has 0 saturated carbocycles. The Morgan fingerprint density at radius 1 is 0.593 bits per heavy atom. The second-order valence-electron chi connectivity index (χ2n) is 8.88. The molecule has 0 saturated heterocycles. The SMILES string of the molecule is CC1=C(C)C(C)(C)[C]([Ti][C]2=C(C)C(C)=C(C)C2(C)C)=C1C.c1ccccc#1. The van der Waals surface area contributed by atoms with Crippen LogP contribution in [0.25, 0.3) is 0 Å². The van der Waals surface area contributed by atoms with Crippen LogP contribution in [0.15, 0.2) is 65.5 Å². The van der Waals surface area contributed by atoms with E-state index in [1.54, 1.807) is 30.0 Å². The van der Waals surface area contributed by atoms with Crippen LogP contribution < -0.4 is 0 Å². The van der Waals surface area contributed by atoms with Gasteiger partial charge in [-0.05, 0) is 12.1 Å². The number of rotatable bonds is 2. The summed E-state index contributed by atoms with van der Waals surface area (Å²) in [6.07, 6.45) is 0. The smallest absolute Gasteiger partial charge is 0.0115 e. The molecule has 0 radical (unpaired) electrons. The molecule has 0 bridgehead atoms. The molecule has 0 aromatic heterocycles. The predicted molar refractivity (Wildman–Crippen MR) is 114 cm³/mol. The van der Waals surface area contributed by atoms with Gasteiger partial charge in [0.1, 0.15) is 0 Å². The Morgan fingerprint density at radius 2 is 0.926 bits per heavy atom. The zero-order valence-corrected chi connectivity index (χ0v) is 20.4. The van der Waals surface area contributed by atoms with Crippen molar-refractivity contribution in [2.75, 3.05) is 0 Å². The van der Waals surface area contributed by atoms with Gasteiger partial charge in [-0.3, -0.25) is 0 Å². The minimum atomic E-state index is -0.239. The maximum absolute atomic E-state index is 2.77. The van der Waals surface area contributed by atoms with Gasteiger partial charge in [-0.1, -0.05) is 24.3 Å². The minimum Gasteiger partial charge on any atom is -0.0702 e. The van der Waals surface area contributed by atoms with E-state index in [0.29, 0.717) is 0 Å². The molecule has 1 aromatic rings. The molecule has 0 unspecified atom stereocenters. The summed E-state index contributed by atoms with van der Waals surface area (Å²) < 4.78 is 3.50. The molecule has 0 nitrogen and oxygen atoms in total. The molecule has 1 aromatic carbocycles. The van der Waals surface area contributed by atoms with Gasteiger partial charge >= 0.3 is 140 Å². The summed E-state index contributed by atoms with van der Waals surface area (Å²) in [6, 6.07) is 13.0. The van der Waals surface area contributed by atoms with Crippen LogP contribution in [0.5, 0.6) is 0 Å². The largest absolute Gasteiger partial charge is 0.0702 e. The number of hydrogen-bond acceptors (Lipinski definition) is 0. The van der Waals surface area contributed by atoms with Crippen molar-refractivity contribution in [3.8, 4) is 0 Å². The van der Waals surface area contributed by atoms with Gasteiger partial charge in [0, 0.05) is 0 Å². The fraction of sp³-hybridized carbons (Fsp3) is 0.462. The average molecular weight is 394 g/mol. The van der Waals surface area contributed by atoms with Gasteiger partial charge in [0.2, 0.25) is 0 Å². The summed E-state index contributed by atoms with van der Waals surface area (Å²) in [6.45, 7) is 23.6. The van der Waals surface area contributed by atoms with Gasteiger partial charge in [0.25, 0.3) is 0 Å². The van der Waals surface area contributed by atoms with Gasteiger partial charge in [-0.2, -0.15) is 0 Å². The maximum atomic E-state index is 2.77. The van der Waals surface area contributed by atoms with Crippen LogP contribution in [0.2, 0.25) is 0 Å². The van der Waals surface area contributed by atoms with Gasteiger partial charge in [0.15, 0.2) is 0 Å². The Hall–Kier alpha value is -1.29. The summed E-state index contributed by atoms with van der Waals surface area (Å²) in [4.78, 5) is 0. The third-order valence-corrected chi connectivity index (χ3v) is 10.8. The van der Waals surface area contributed by atoms with Crippen LogP contribution >= 0.6 is 0 Å². The van der Waals surface area contributed by atoms with Gasteiger partial charge in [-0.15, -0.1) is 0 Å². The molecule has 142 valence electrons. The van der Waals surface area contributed by atoms with Crippen LogP contribution in [-0.4, -0.2) is 0 Å². The molecule has 3 rings (SSSR count). The molecule has 2 aliphatic rings.